The lowest BCUT2D eigenvalue weighted by atomic mass is 10.0. The summed E-state index contributed by atoms with van der Waals surface area (Å²) < 4.78 is 5.48. The third kappa shape index (κ3) is 4.58. The number of hydrogen-bond donors (Lipinski definition) is 0. The summed E-state index contributed by atoms with van der Waals surface area (Å²) in [6.45, 7) is 6.84. The van der Waals surface area contributed by atoms with E-state index in [1.807, 2.05) is 7.05 Å². The Morgan fingerprint density at radius 3 is 2.58 bits per heavy atom. The number of rotatable bonds is 7. The van der Waals surface area contributed by atoms with E-state index < -0.39 is 0 Å². The van der Waals surface area contributed by atoms with Crippen LogP contribution in [0.15, 0.2) is 18.2 Å². The van der Waals surface area contributed by atoms with Crippen LogP contribution in [0.2, 0.25) is 0 Å². The summed E-state index contributed by atoms with van der Waals surface area (Å²) in [6.07, 6.45) is 1.51. The molecule has 0 unspecified atom stereocenters. The molecule has 1 aromatic carbocycles. The zero-order valence-corrected chi connectivity index (χ0v) is 12.7. The van der Waals surface area contributed by atoms with Gasteiger partial charge in [-0.25, -0.2) is 0 Å². The van der Waals surface area contributed by atoms with Crippen LogP contribution in [0, 0.1) is 0 Å². The predicted molar refractivity (Wildman–Crippen MR) is 80.3 cm³/mol. The van der Waals surface area contributed by atoms with Crippen LogP contribution in [0.25, 0.3) is 0 Å². The quantitative estimate of drug-likeness (QED) is 0.752. The second kappa shape index (κ2) is 7.17. The highest BCUT2D eigenvalue weighted by atomic mass is 16.5. The number of hydrogen-bond acceptors (Lipinski definition) is 3. The maximum Gasteiger partial charge on any atom is 0.142 e. The van der Waals surface area contributed by atoms with E-state index in [2.05, 4.69) is 36.9 Å². The van der Waals surface area contributed by atoms with Gasteiger partial charge in [-0.3, -0.25) is 0 Å². The largest absolute Gasteiger partial charge is 0.495 e. The van der Waals surface area contributed by atoms with Gasteiger partial charge in [0, 0.05) is 20.0 Å². The highest BCUT2D eigenvalue weighted by Crippen LogP contribution is 2.31. The molecule has 0 spiro atoms. The average Bonchev–Trinajstić information content (AvgIpc) is 2.37. The van der Waals surface area contributed by atoms with Crippen LogP contribution in [0.1, 0.15) is 45.1 Å². The number of nitrogens with zero attached hydrogens (tertiary/aromatic N) is 1. The molecule has 1 rings (SSSR count). The van der Waals surface area contributed by atoms with Crippen molar-refractivity contribution < 1.29 is 9.53 Å². The van der Waals surface area contributed by atoms with Crippen molar-refractivity contribution in [2.24, 2.45) is 0 Å². The summed E-state index contributed by atoms with van der Waals surface area (Å²) in [6, 6.07) is 6.34. The van der Waals surface area contributed by atoms with Crippen LogP contribution in [0.4, 0.5) is 5.69 Å². The number of carbonyl (C=O) groups is 1. The van der Waals surface area contributed by atoms with E-state index in [0.29, 0.717) is 12.3 Å². The van der Waals surface area contributed by atoms with Crippen LogP contribution in [-0.4, -0.2) is 26.5 Å². The standard InChI is InChI=1S/C16H25NO2/c1-12(2)14-8-9-15(16(11-14)19-5)17(4)10-6-7-13(3)18/h8-9,11-12H,6-7,10H2,1-5H3. The molecule has 0 saturated carbocycles. The Hall–Kier alpha value is -1.51. The molecule has 0 aliphatic heterocycles. The maximum atomic E-state index is 11.0. The minimum absolute atomic E-state index is 0.246. The molecular formula is C16H25NO2. The number of anilines is 1. The average molecular weight is 263 g/mol. The van der Waals surface area contributed by atoms with Crippen LogP contribution in [0.5, 0.6) is 5.75 Å². The first-order valence-electron chi connectivity index (χ1n) is 6.84. The molecule has 1 aromatic rings. The molecule has 0 aliphatic rings. The lowest BCUT2D eigenvalue weighted by molar-refractivity contribution is -0.117. The second-order valence-corrected chi connectivity index (χ2v) is 5.31. The van der Waals surface area contributed by atoms with Gasteiger partial charge in [-0.1, -0.05) is 19.9 Å². The Kier molecular flexibility index (Phi) is 5.87. The number of Topliss-reactive ketones (excluding diaryl/α,β-unsaturated/α-hetero) is 1. The minimum Gasteiger partial charge on any atom is -0.495 e. The van der Waals surface area contributed by atoms with E-state index in [1.54, 1.807) is 14.0 Å². The number of ether oxygens (including phenoxy) is 1. The van der Waals surface area contributed by atoms with E-state index in [4.69, 9.17) is 4.74 Å². The van der Waals surface area contributed by atoms with Crippen LogP contribution in [0.3, 0.4) is 0 Å². The van der Waals surface area contributed by atoms with Gasteiger partial charge in [0.15, 0.2) is 0 Å². The summed E-state index contributed by atoms with van der Waals surface area (Å²) in [5.41, 5.74) is 2.35. The highest BCUT2D eigenvalue weighted by Gasteiger charge is 2.10. The second-order valence-electron chi connectivity index (χ2n) is 5.31. The minimum atomic E-state index is 0.246. The molecular weight excluding hydrogens is 238 g/mol. The normalized spacial score (nSPS) is 10.6. The molecule has 0 aliphatic carbocycles. The summed E-state index contributed by atoms with van der Waals surface area (Å²) in [4.78, 5) is 13.1. The van der Waals surface area contributed by atoms with Gasteiger partial charge < -0.3 is 14.4 Å². The van der Waals surface area contributed by atoms with Crippen molar-refractivity contribution in [3.05, 3.63) is 23.8 Å². The van der Waals surface area contributed by atoms with E-state index in [-0.39, 0.29) is 5.78 Å². The number of benzene rings is 1. The third-order valence-corrected chi connectivity index (χ3v) is 3.30. The molecule has 0 atom stereocenters. The van der Waals surface area contributed by atoms with E-state index in [0.717, 1.165) is 24.4 Å². The summed E-state index contributed by atoms with van der Waals surface area (Å²) >= 11 is 0. The first-order valence-corrected chi connectivity index (χ1v) is 6.84. The molecule has 3 nitrogen and oxygen atoms in total. The zero-order chi connectivity index (χ0) is 14.4. The first kappa shape index (κ1) is 15.5. The van der Waals surface area contributed by atoms with Crippen molar-refractivity contribution >= 4 is 11.5 Å². The van der Waals surface area contributed by atoms with E-state index >= 15 is 0 Å². The van der Waals surface area contributed by atoms with Crippen molar-refractivity contribution in [1.29, 1.82) is 0 Å². The van der Waals surface area contributed by atoms with Crippen molar-refractivity contribution in [3.8, 4) is 5.75 Å². The van der Waals surface area contributed by atoms with Gasteiger partial charge in [-0.2, -0.15) is 0 Å². The van der Waals surface area contributed by atoms with Crippen LogP contribution in [-0.2, 0) is 4.79 Å². The molecule has 0 fully saturated rings. The molecule has 19 heavy (non-hydrogen) atoms. The van der Waals surface area contributed by atoms with Gasteiger partial charge in [0.05, 0.1) is 12.8 Å². The van der Waals surface area contributed by atoms with Gasteiger partial charge in [0.2, 0.25) is 0 Å². The zero-order valence-electron chi connectivity index (χ0n) is 12.7. The van der Waals surface area contributed by atoms with Crippen molar-refractivity contribution in [1.82, 2.24) is 0 Å². The molecule has 0 radical (unpaired) electrons. The topological polar surface area (TPSA) is 29.5 Å². The number of ketones is 1. The Labute approximate surface area is 116 Å². The molecule has 0 heterocycles. The predicted octanol–water partition coefficient (Wildman–Crippen LogP) is 3.62. The summed E-state index contributed by atoms with van der Waals surface area (Å²) in [5, 5.41) is 0. The Bertz CT molecular complexity index is 427. The van der Waals surface area contributed by atoms with Gasteiger partial charge >= 0.3 is 0 Å². The van der Waals surface area contributed by atoms with Crippen LogP contribution < -0.4 is 9.64 Å². The maximum absolute atomic E-state index is 11.0. The first-order chi connectivity index (χ1) is 8.95. The molecule has 0 bridgehead atoms. The molecule has 0 saturated heterocycles. The molecule has 0 amide bonds. The van der Waals surface area contributed by atoms with Gasteiger partial charge in [0.25, 0.3) is 0 Å². The fraction of sp³-hybridized carbons (Fsp3) is 0.562. The number of carbonyl (C=O) groups excluding carboxylic acids is 1. The third-order valence-electron chi connectivity index (χ3n) is 3.30. The summed E-state index contributed by atoms with van der Waals surface area (Å²) in [7, 11) is 3.74. The van der Waals surface area contributed by atoms with Crippen molar-refractivity contribution in [2.75, 3.05) is 25.6 Å². The smallest absolute Gasteiger partial charge is 0.142 e. The highest BCUT2D eigenvalue weighted by molar-refractivity contribution is 5.75. The lowest BCUT2D eigenvalue weighted by Crippen LogP contribution is -2.19. The molecule has 0 N–H and O–H groups in total. The molecule has 0 aromatic heterocycles. The van der Waals surface area contributed by atoms with Crippen molar-refractivity contribution in [3.63, 3.8) is 0 Å². The lowest BCUT2D eigenvalue weighted by Gasteiger charge is -2.22. The van der Waals surface area contributed by atoms with Crippen LogP contribution >= 0.6 is 0 Å². The van der Waals surface area contributed by atoms with Gasteiger partial charge in [-0.15, -0.1) is 0 Å². The van der Waals surface area contributed by atoms with Gasteiger partial charge in [0.1, 0.15) is 11.5 Å². The Balaban J connectivity index is 2.78. The monoisotopic (exact) mass is 263 g/mol. The Morgan fingerprint density at radius 1 is 1.37 bits per heavy atom. The fourth-order valence-corrected chi connectivity index (χ4v) is 2.05. The Morgan fingerprint density at radius 2 is 2.05 bits per heavy atom. The van der Waals surface area contributed by atoms with E-state index in [9.17, 15) is 4.79 Å². The SMILES string of the molecule is COc1cc(C(C)C)ccc1N(C)CCCC(C)=O. The fourth-order valence-electron chi connectivity index (χ4n) is 2.05. The molecule has 3 heteroatoms. The molecule has 106 valence electrons. The van der Waals surface area contributed by atoms with Gasteiger partial charge in [-0.05, 0) is 37.0 Å². The number of methoxy groups -OCH3 is 1. The van der Waals surface area contributed by atoms with E-state index in [1.165, 1.54) is 5.56 Å². The summed E-state index contributed by atoms with van der Waals surface area (Å²) in [5.74, 6) is 1.64. The van der Waals surface area contributed by atoms with Crippen molar-refractivity contribution in [2.45, 2.75) is 39.5 Å².